The maximum Gasteiger partial charge on any atom is 0.508 e. The number of hydrogen-bond acceptors (Lipinski definition) is 4. The third-order valence-corrected chi connectivity index (χ3v) is 1.00. The first-order valence-corrected chi connectivity index (χ1v) is 2.65. The summed E-state index contributed by atoms with van der Waals surface area (Å²) in [6.07, 6.45) is -0.806. The van der Waals surface area contributed by atoms with Crippen LogP contribution in [0.15, 0.2) is 0 Å². The number of carbonyl (C=O) groups excluding carboxylic acids is 1. The molecule has 0 amide bonds. The van der Waals surface area contributed by atoms with Crippen molar-refractivity contribution >= 4 is 6.16 Å². The Balaban J connectivity index is 2.22. The smallest absolute Gasteiger partial charge is 0.430 e. The molecule has 0 spiro atoms. The SMILES string of the molecule is COCC1COC(=O)O1. The molecular formula is C5H8O4. The molecule has 1 heterocycles. The molecule has 1 atom stereocenters. The first-order valence-electron chi connectivity index (χ1n) is 2.65. The van der Waals surface area contributed by atoms with Crippen molar-refractivity contribution in [2.24, 2.45) is 0 Å². The average Bonchev–Trinajstić information content (AvgIpc) is 2.17. The van der Waals surface area contributed by atoms with E-state index in [0.29, 0.717) is 13.2 Å². The maximum absolute atomic E-state index is 10.2. The number of methoxy groups -OCH3 is 1. The van der Waals surface area contributed by atoms with Gasteiger partial charge in [-0.25, -0.2) is 4.79 Å². The molecule has 0 bridgehead atoms. The Hall–Kier alpha value is -0.770. The van der Waals surface area contributed by atoms with E-state index in [1.807, 2.05) is 0 Å². The van der Waals surface area contributed by atoms with Crippen LogP contribution in [-0.2, 0) is 14.2 Å². The molecule has 1 unspecified atom stereocenters. The summed E-state index contributed by atoms with van der Waals surface area (Å²) in [5.74, 6) is 0. The minimum Gasteiger partial charge on any atom is -0.430 e. The molecule has 1 aliphatic rings. The van der Waals surface area contributed by atoms with Crippen molar-refractivity contribution < 1.29 is 19.0 Å². The van der Waals surface area contributed by atoms with Crippen LogP contribution < -0.4 is 0 Å². The molecule has 0 aromatic heterocycles. The fraction of sp³-hybridized carbons (Fsp3) is 0.800. The Morgan fingerprint density at radius 3 is 3.11 bits per heavy atom. The first kappa shape index (κ1) is 6.35. The quantitative estimate of drug-likeness (QED) is 0.502. The van der Waals surface area contributed by atoms with Gasteiger partial charge in [-0.15, -0.1) is 0 Å². The van der Waals surface area contributed by atoms with E-state index in [2.05, 4.69) is 9.47 Å². The lowest BCUT2D eigenvalue weighted by Gasteiger charge is -2.01. The number of cyclic esters (lactones) is 2. The van der Waals surface area contributed by atoms with E-state index in [1.54, 1.807) is 7.11 Å². The normalized spacial score (nSPS) is 25.4. The monoisotopic (exact) mass is 132 g/mol. The molecule has 1 saturated heterocycles. The highest BCUT2D eigenvalue weighted by atomic mass is 16.8. The highest BCUT2D eigenvalue weighted by Crippen LogP contribution is 2.04. The molecule has 1 aliphatic heterocycles. The molecule has 0 aliphatic carbocycles. The van der Waals surface area contributed by atoms with Crippen LogP contribution in [0.2, 0.25) is 0 Å². The van der Waals surface area contributed by atoms with Gasteiger partial charge in [-0.1, -0.05) is 0 Å². The van der Waals surface area contributed by atoms with Gasteiger partial charge < -0.3 is 14.2 Å². The second kappa shape index (κ2) is 2.68. The second-order valence-electron chi connectivity index (χ2n) is 1.76. The van der Waals surface area contributed by atoms with E-state index in [1.165, 1.54) is 0 Å². The summed E-state index contributed by atoms with van der Waals surface area (Å²) in [6.45, 7) is 0.721. The van der Waals surface area contributed by atoms with Crippen molar-refractivity contribution in [2.45, 2.75) is 6.10 Å². The molecule has 4 nitrogen and oxygen atoms in total. The molecule has 0 saturated carbocycles. The van der Waals surface area contributed by atoms with Crippen LogP contribution in [0.3, 0.4) is 0 Å². The maximum atomic E-state index is 10.2. The molecule has 4 heteroatoms. The lowest BCUT2D eigenvalue weighted by atomic mass is 10.4. The Labute approximate surface area is 52.7 Å². The predicted octanol–water partition coefficient (Wildman–Crippen LogP) is 0.168. The van der Waals surface area contributed by atoms with Gasteiger partial charge in [-0.05, 0) is 0 Å². The zero-order valence-electron chi connectivity index (χ0n) is 5.12. The summed E-state index contributed by atoms with van der Waals surface area (Å²) in [4.78, 5) is 10.2. The van der Waals surface area contributed by atoms with E-state index in [0.717, 1.165) is 0 Å². The van der Waals surface area contributed by atoms with E-state index in [-0.39, 0.29) is 6.10 Å². The second-order valence-corrected chi connectivity index (χ2v) is 1.76. The summed E-state index contributed by atoms with van der Waals surface area (Å²) < 4.78 is 13.8. The highest BCUT2D eigenvalue weighted by molar-refractivity contribution is 5.61. The van der Waals surface area contributed by atoms with Gasteiger partial charge in [0.15, 0.2) is 6.10 Å². The van der Waals surface area contributed by atoms with Gasteiger partial charge >= 0.3 is 6.16 Å². The molecule has 52 valence electrons. The minimum absolute atomic E-state index is 0.206. The molecule has 0 aromatic rings. The van der Waals surface area contributed by atoms with Gasteiger partial charge in [0.25, 0.3) is 0 Å². The summed E-state index contributed by atoms with van der Waals surface area (Å²) in [5.41, 5.74) is 0. The van der Waals surface area contributed by atoms with Crippen molar-refractivity contribution in [3.63, 3.8) is 0 Å². The van der Waals surface area contributed by atoms with Crippen LogP contribution in [-0.4, -0.2) is 32.6 Å². The van der Waals surface area contributed by atoms with Crippen molar-refractivity contribution in [3.8, 4) is 0 Å². The Kier molecular flexibility index (Phi) is 1.89. The number of rotatable bonds is 2. The molecule has 9 heavy (non-hydrogen) atoms. The number of hydrogen-bond donors (Lipinski definition) is 0. The molecule has 1 fully saturated rings. The fourth-order valence-corrected chi connectivity index (χ4v) is 0.633. The summed E-state index contributed by atoms with van der Waals surface area (Å²) in [6, 6.07) is 0. The van der Waals surface area contributed by atoms with E-state index in [4.69, 9.17) is 4.74 Å². The van der Waals surface area contributed by atoms with Crippen molar-refractivity contribution in [1.29, 1.82) is 0 Å². The summed E-state index contributed by atoms with van der Waals surface area (Å²) in [7, 11) is 1.55. The van der Waals surface area contributed by atoms with Crippen LogP contribution in [0.25, 0.3) is 0 Å². The van der Waals surface area contributed by atoms with Gasteiger partial charge in [0.05, 0.1) is 6.61 Å². The van der Waals surface area contributed by atoms with Gasteiger partial charge in [-0.2, -0.15) is 0 Å². The largest absolute Gasteiger partial charge is 0.508 e. The third kappa shape index (κ3) is 1.57. The highest BCUT2D eigenvalue weighted by Gasteiger charge is 2.24. The van der Waals surface area contributed by atoms with Gasteiger partial charge in [0.1, 0.15) is 6.61 Å². The zero-order chi connectivity index (χ0) is 6.69. The van der Waals surface area contributed by atoms with Gasteiger partial charge in [-0.3, -0.25) is 0 Å². The predicted molar refractivity (Wildman–Crippen MR) is 28.1 cm³/mol. The third-order valence-electron chi connectivity index (χ3n) is 1.00. The van der Waals surface area contributed by atoms with Crippen LogP contribution in [0, 0.1) is 0 Å². The van der Waals surface area contributed by atoms with Crippen molar-refractivity contribution in [1.82, 2.24) is 0 Å². The van der Waals surface area contributed by atoms with Crippen LogP contribution in [0.1, 0.15) is 0 Å². The lowest BCUT2D eigenvalue weighted by molar-refractivity contribution is 0.0709. The topological polar surface area (TPSA) is 44.8 Å². The zero-order valence-corrected chi connectivity index (χ0v) is 5.12. The molecule has 0 N–H and O–H groups in total. The Bertz CT molecular complexity index is 112. The lowest BCUT2D eigenvalue weighted by Crippen LogP contribution is -2.16. The summed E-state index contributed by atoms with van der Waals surface area (Å²) in [5, 5.41) is 0. The van der Waals surface area contributed by atoms with Crippen LogP contribution in [0.5, 0.6) is 0 Å². The van der Waals surface area contributed by atoms with Crippen molar-refractivity contribution in [2.75, 3.05) is 20.3 Å². The van der Waals surface area contributed by atoms with Gasteiger partial charge in [0.2, 0.25) is 0 Å². The van der Waals surface area contributed by atoms with Crippen LogP contribution in [0.4, 0.5) is 4.79 Å². The van der Waals surface area contributed by atoms with E-state index in [9.17, 15) is 4.79 Å². The molecule has 0 aromatic carbocycles. The fourth-order valence-electron chi connectivity index (χ4n) is 0.633. The Morgan fingerprint density at radius 2 is 2.67 bits per heavy atom. The standard InChI is InChI=1S/C5H8O4/c1-7-2-4-3-8-5(6)9-4/h4H,2-3H2,1H3. The van der Waals surface area contributed by atoms with E-state index < -0.39 is 6.16 Å². The molecular weight excluding hydrogens is 124 g/mol. The first-order chi connectivity index (χ1) is 4.33. The minimum atomic E-state index is -0.600. The van der Waals surface area contributed by atoms with Crippen LogP contribution >= 0.6 is 0 Å². The van der Waals surface area contributed by atoms with E-state index >= 15 is 0 Å². The van der Waals surface area contributed by atoms with Gasteiger partial charge in [0, 0.05) is 7.11 Å². The molecule has 0 radical (unpaired) electrons. The molecule has 1 rings (SSSR count). The number of ether oxygens (including phenoxy) is 3. The average molecular weight is 132 g/mol. The number of carbonyl (C=O) groups is 1. The summed E-state index contributed by atoms with van der Waals surface area (Å²) >= 11 is 0. The van der Waals surface area contributed by atoms with Crippen molar-refractivity contribution in [3.05, 3.63) is 0 Å². The Morgan fingerprint density at radius 1 is 1.89 bits per heavy atom.